The highest BCUT2D eigenvalue weighted by Gasteiger charge is 2.51. The fraction of sp³-hybridized carbons (Fsp3) is 0.516. The minimum Gasteiger partial charge on any atom is -0.338 e. The average molecular weight is 616 g/mol. The minimum absolute atomic E-state index is 0.0340. The molecule has 2 saturated heterocycles. The molecule has 2 unspecified atom stereocenters. The highest BCUT2D eigenvalue weighted by atomic mass is 32.1. The first-order valence-electron chi connectivity index (χ1n) is 14.4. The lowest BCUT2D eigenvalue weighted by molar-refractivity contribution is -0.142. The Morgan fingerprint density at radius 3 is 2.58 bits per heavy atom. The largest absolute Gasteiger partial charge is 0.433 e. The zero-order valence-corrected chi connectivity index (χ0v) is 25.9. The van der Waals surface area contributed by atoms with Gasteiger partial charge in [0.1, 0.15) is 5.69 Å². The number of aryl methyl sites for hydroxylation is 1. The number of carbonyl (C=O) groups is 3. The Morgan fingerprint density at radius 2 is 1.95 bits per heavy atom. The molecule has 8 nitrogen and oxygen atoms in total. The van der Waals surface area contributed by atoms with Gasteiger partial charge in [-0.2, -0.15) is 13.2 Å². The first-order valence-corrected chi connectivity index (χ1v) is 15.3. The van der Waals surface area contributed by atoms with Gasteiger partial charge in [0.2, 0.25) is 11.8 Å². The summed E-state index contributed by atoms with van der Waals surface area (Å²) in [6, 6.07) is 4.53. The number of aromatic nitrogens is 2. The molecule has 2 aliphatic rings. The van der Waals surface area contributed by atoms with E-state index >= 15 is 0 Å². The van der Waals surface area contributed by atoms with Crippen LogP contribution >= 0.6 is 11.3 Å². The van der Waals surface area contributed by atoms with Gasteiger partial charge in [0, 0.05) is 41.7 Å². The summed E-state index contributed by atoms with van der Waals surface area (Å²) in [4.78, 5) is 51.8. The Balaban J connectivity index is 1.55. The van der Waals surface area contributed by atoms with E-state index < -0.39 is 23.2 Å². The van der Waals surface area contributed by atoms with Crippen LogP contribution in [0.25, 0.3) is 21.5 Å². The number of pyridine rings is 2. The van der Waals surface area contributed by atoms with Crippen molar-refractivity contribution in [3.8, 4) is 11.3 Å². The molecule has 12 heteroatoms. The molecule has 0 saturated carbocycles. The number of nitrogens with one attached hydrogen (secondary N) is 1. The molecule has 43 heavy (non-hydrogen) atoms. The van der Waals surface area contributed by atoms with Crippen molar-refractivity contribution in [1.29, 1.82) is 0 Å². The van der Waals surface area contributed by atoms with Gasteiger partial charge in [-0.15, -0.1) is 11.3 Å². The monoisotopic (exact) mass is 615 g/mol. The number of hydrogen-bond acceptors (Lipinski definition) is 7. The second-order valence-electron chi connectivity index (χ2n) is 12.5. The summed E-state index contributed by atoms with van der Waals surface area (Å²) >= 11 is 1.23. The Kier molecular flexibility index (Phi) is 8.14. The zero-order chi connectivity index (χ0) is 31.4. The number of alkyl halides is 3. The van der Waals surface area contributed by atoms with Crippen LogP contribution in [0.2, 0.25) is 0 Å². The van der Waals surface area contributed by atoms with E-state index in [1.807, 2.05) is 0 Å². The fourth-order valence-corrected chi connectivity index (χ4v) is 6.88. The minimum atomic E-state index is -4.71. The molecule has 230 valence electrons. The lowest BCUT2D eigenvalue weighted by Gasteiger charge is -2.21. The van der Waals surface area contributed by atoms with Crippen molar-refractivity contribution in [2.24, 2.45) is 17.3 Å². The summed E-state index contributed by atoms with van der Waals surface area (Å²) in [6.45, 7) is 12.6. The Labute approximate surface area is 252 Å². The molecule has 5 rings (SSSR count). The molecule has 2 aliphatic heterocycles. The van der Waals surface area contributed by atoms with Gasteiger partial charge in [0.05, 0.1) is 33.4 Å². The lowest BCUT2D eigenvalue weighted by atomic mass is 9.82. The molecule has 0 radical (unpaired) electrons. The van der Waals surface area contributed by atoms with Gasteiger partial charge in [0.25, 0.3) is 5.91 Å². The van der Waals surface area contributed by atoms with Gasteiger partial charge in [-0.05, 0) is 49.6 Å². The van der Waals surface area contributed by atoms with Crippen LogP contribution in [0.4, 0.5) is 13.2 Å². The average Bonchev–Trinajstić information content (AvgIpc) is 3.61. The van der Waals surface area contributed by atoms with Crippen molar-refractivity contribution >= 4 is 39.3 Å². The number of carbonyl (C=O) groups excluding carboxylic acids is 3. The molecule has 2 atom stereocenters. The third kappa shape index (κ3) is 5.78. The van der Waals surface area contributed by atoms with E-state index in [9.17, 15) is 27.6 Å². The van der Waals surface area contributed by atoms with Crippen LogP contribution in [0, 0.1) is 24.2 Å². The number of halogens is 3. The number of amides is 3. The molecule has 5 heterocycles. The van der Waals surface area contributed by atoms with Crippen LogP contribution in [0.15, 0.2) is 24.4 Å². The molecule has 3 aromatic rings. The van der Waals surface area contributed by atoms with E-state index in [0.29, 0.717) is 39.8 Å². The van der Waals surface area contributed by atoms with Crippen LogP contribution in [0.3, 0.4) is 0 Å². The molecule has 0 bridgehead atoms. The lowest BCUT2D eigenvalue weighted by Crippen LogP contribution is -2.33. The van der Waals surface area contributed by atoms with Crippen LogP contribution in [0.5, 0.6) is 0 Å². The van der Waals surface area contributed by atoms with Crippen molar-refractivity contribution in [1.82, 2.24) is 25.1 Å². The molecule has 0 spiro atoms. The first kappa shape index (κ1) is 31.1. The number of likely N-dealkylation sites (tertiary alicyclic amines) is 2. The van der Waals surface area contributed by atoms with E-state index in [1.165, 1.54) is 29.4 Å². The third-order valence-corrected chi connectivity index (χ3v) is 9.80. The van der Waals surface area contributed by atoms with Gasteiger partial charge < -0.3 is 10.2 Å². The van der Waals surface area contributed by atoms with E-state index in [-0.39, 0.29) is 47.0 Å². The summed E-state index contributed by atoms with van der Waals surface area (Å²) < 4.78 is 42.4. The number of nitrogens with zero attached hydrogens (tertiary/aromatic N) is 4. The number of fused-ring (bicyclic) bond motifs is 1. The Bertz CT molecular complexity index is 1600. The second-order valence-corrected chi connectivity index (χ2v) is 13.6. The standard InChI is InChI=1S/C31H36F3N5O3S/c1-16(2)36-13-19-8-10-38(14-19)28(41)24-17(3)11-23(31(32,33)34)37-25(24)21-7-9-35-22-12-20(43-26(21)22)15-39-27(40)18(4)30(5,6)29(39)42/h7,9,11-12,16,18-19,36H,8,10,13-15H2,1-6H3. The maximum atomic E-state index is 14.0. The molecular formula is C31H36F3N5O3S. The predicted octanol–water partition coefficient (Wildman–Crippen LogP) is 5.68. The maximum Gasteiger partial charge on any atom is 0.433 e. The molecule has 3 amide bonds. The van der Waals surface area contributed by atoms with Gasteiger partial charge in [-0.1, -0.05) is 34.6 Å². The van der Waals surface area contributed by atoms with Crippen molar-refractivity contribution in [2.75, 3.05) is 19.6 Å². The summed E-state index contributed by atoms with van der Waals surface area (Å²) in [7, 11) is 0. The van der Waals surface area contributed by atoms with Gasteiger partial charge in [-0.3, -0.25) is 24.3 Å². The molecule has 1 N–H and O–H groups in total. The van der Waals surface area contributed by atoms with Crippen LogP contribution in [-0.4, -0.2) is 63.2 Å². The molecular weight excluding hydrogens is 579 g/mol. The third-order valence-electron chi connectivity index (χ3n) is 8.66. The van der Waals surface area contributed by atoms with E-state index in [2.05, 4.69) is 29.1 Å². The van der Waals surface area contributed by atoms with E-state index in [4.69, 9.17) is 0 Å². The Morgan fingerprint density at radius 1 is 1.23 bits per heavy atom. The van der Waals surface area contributed by atoms with Gasteiger partial charge in [-0.25, -0.2) is 4.98 Å². The van der Waals surface area contributed by atoms with Crippen molar-refractivity contribution < 1.29 is 27.6 Å². The topological polar surface area (TPSA) is 95.5 Å². The van der Waals surface area contributed by atoms with Crippen molar-refractivity contribution in [3.63, 3.8) is 0 Å². The Hall–Kier alpha value is -3.38. The molecule has 0 aliphatic carbocycles. The van der Waals surface area contributed by atoms with Crippen LogP contribution in [0.1, 0.15) is 67.5 Å². The maximum absolute atomic E-state index is 14.0. The van der Waals surface area contributed by atoms with E-state index in [0.717, 1.165) is 19.0 Å². The van der Waals surface area contributed by atoms with Crippen molar-refractivity contribution in [3.05, 3.63) is 46.1 Å². The van der Waals surface area contributed by atoms with Gasteiger partial charge in [0.15, 0.2) is 0 Å². The number of rotatable bonds is 7. The van der Waals surface area contributed by atoms with E-state index in [1.54, 1.807) is 37.8 Å². The summed E-state index contributed by atoms with van der Waals surface area (Å²) in [5, 5.41) is 3.39. The molecule has 2 fully saturated rings. The van der Waals surface area contributed by atoms with Crippen LogP contribution < -0.4 is 5.32 Å². The fourth-order valence-electron chi connectivity index (χ4n) is 5.76. The highest BCUT2D eigenvalue weighted by Crippen LogP contribution is 2.41. The smallest absolute Gasteiger partial charge is 0.338 e. The number of thiophene rings is 1. The summed E-state index contributed by atoms with van der Waals surface area (Å²) in [5.41, 5.74) is -0.798. The highest BCUT2D eigenvalue weighted by molar-refractivity contribution is 7.19. The van der Waals surface area contributed by atoms with Crippen LogP contribution in [-0.2, 0) is 22.3 Å². The molecule has 3 aromatic heterocycles. The van der Waals surface area contributed by atoms with Crippen molar-refractivity contribution in [2.45, 2.75) is 66.7 Å². The quantitative estimate of drug-likeness (QED) is 0.344. The van der Waals surface area contributed by atoms with Gasteiger partial charge >= 0.3 is 6.18 Å². The first-order chi connectivity index (χ1) is 20.1. The normalized spacial score (nSPS) is 20.7. The second kappa shape index (κ2) is 11.3. The number of hydrogen-bond donors (Lipinski definition) is 1. The molecule has 0 aromatic carbocycles. The summed E-state index contributed by atoms with van der Waals surface area (Å²) in [5.74, 6) is -1.12. The number of imide groups is 1. The summed E-state index contributed by atoms with van der Waals surface area (Å²) in [6.07, 6.45) is -2.44. The SMILES string of the molecule is Cc1cc(C(F)(F)F)nc(-c2ccnc3cc(CN4C(=O)C(C)C(C)(C)C4=O)sc23)c1C(=O)N1CCC(CNC(C)C)C1. The zero-order valence-electron chi connectivity index (χ0n) is 25.1. The predicted molar refractivity (Wildman–Crippen MR) is 158 cm³/mol.